The zero-order chi connectivity index (χ0) is 9.97. The van der Waals surface area contributed by atoms with Gasteiger partial charge in [0, 0.05) is 23.0 Å². The molecule has 1 heterocycles. The molecule has 0 atom stereocenters. The van der Waals surface area contributed by atoms with Gasteiger partial charge in [0.2, 0.25) is 0 Å². The van der Waals surface area contributed by atoms with Gasteiger partial charge in [-0.05, 0) is 18.5 Å². The van der Waals surface area contributed by atoms with Crippen molar-refractivity contribution in [2.24, 2.45) is 0 Å². The number of fused-ring (bicyclic) bond motifs is 1. The molecule has 0 aromatic heterocycles. The highest BCUT2D eigenvalue weighted by molar-refractivity contribution is 9.08. The standard InChI is InChI=1S/C11H14BrNO/c1-14-11-8(6-12)2-3-9-7-13-5-4-10(9)11/h2-3,13H,4-7H2,1H3. The van der Waals surface area contributed by atoms with Crippen molar-refractivity contribution in [3.05, 3.63) is 28.8 Å². The molecule has 1 aromatic carbocycles. The number of rotatable bonds is 2. The maximum atomic E-state index is 5.48. The molecule has 0 fully saturated rings. The summed E-state index contributed by atoms with van der Waals surface area (Å²) in [4.78, 5) is 0. The lowest BCUT2D eigenvalue weighted by atomic mass is 9.97. The zero-order valence-electron chi connectivity index (χ0n) is 8.27. The van der Waals surface area contributed by atoms with E-state index < -0.39 is 0 Å². The summed E-state index contributed by atoms with van der Waals surface area (Å²) in [6.45, 7) is 2.02. The lowest BCUT2D eigenvalue weighted by molar-refractivity contribution is 0.402. The van der Waals surface area contributed by atoms with Crippen LogP contribution in [-0.2, 0) is 18.3 Å². The molecule has 0 unspecified atom stereocenters. The van der Waals surface area contributed by atoms with E-state index in [0.717, 1.165) is 30.6 Å². The highest BCUT2D eigenvalue weighted by Gasteiger charge is 2.15. The predicted molar refractivity (Wildman–Crippen MR) is 61.0 cm³/mol. The average molecular weight is 256 g/mol. The largest absolute Gasteiger partial charge is 0.496 e. The second-order valence-corrected chi connectivity index (χ2v) is 4.02. The van der Waals surface area contributed by atoms with Gasteiger partial charge in [-0.3, -0.25) is 0 Å². The van der Waals surface area contributed by atoms with Crippen LogP contribution in [0.3, 0.4) is 0 Å². The number of nitrogens with one attached hydrogen (secondary N) is 1. The molecule has 0 saturated heterocycles. The Morgan fingerprint density at radius 3 is 3.07 bits per heavy atom. The van der Waals surface area contributed by atoms with E-state index in [0.29, 0.717) is 0 Å². The van der Waals surface area contributed by atoms with Crippen LogP contribution in [0.4, 0.5) is 0 Å². The number of methoxy groups -OCH3 is 1. The molecule has 2 rings (SSSR count). The predicted octanol–water partition coefficient (Wildman–Crippen LogP) is 2.24. The van der Waals surface area contributed by atoms with Crippen LogP contribution in [0.25, 0.3) is 0 Å². The molecule has 0 radical (unpaired) electrons. The highest BCUT2D eigenvalue weighted by atomic mass is 79.9. The van der Waals surface area contributed by atoms with E-state index in [1.165, 1.54) is 16.7 Å². The minimum absolute atomic E-state index is 0.858. The SMILES string of the molecule is COc1c(CBr)ccc2c1CCNC2. The van der Waals surface area contributed by atoms with E-state index in [-0.39, 0.29) is 0 Å². The summed E-state index contributed by atoms with van der Waals surface area (Å²) in [6.07, 6.45) is 1.07. The summed E-state index contributed by atoms with van der Waals surface area (Å²) in [5, 5.41) is 4.22. The second-order valence-electron chi connectivity index (χ2n) is 3.46. The molecule has 0 spiro atoms. The van der Waals surface area contributed by atoms with E-state index in [1.807, 2.05) is 0 Å². The maximum absolute atomic E-state index is 5.48. The number of hydrogen-bond donors (Lipinski definition) is 1. The highest BCUT2D eigenvalue weighted by Crippen LogP contribution is 2.30. The van der Waals surface area contributed by atoms with Crippen LogP contribution in [0.15, 0.2) is 12.1 Å². The smallest absolute Gasteiger partial charge is 0.126 e. The molecule has 76 valence electrons. The Bertz CT molecular complexity index is 323. The molecule has 2 nitrogen and oxygen atoms in total. The van der Waals surface area contributed by atoms with Crippen LogP contribution in [0, 0.1) is 0 Å². The molecule has 0 bridgehead atoms. The first-order valence-corrected chi connectivity index (χ1v) is 5.93. The van der Waals surface area contributed by atoms with Crippen molar-refractivity contribution in [1.29, 1.82) is 0 Å². The van der Waals surface area contributed by atoms with Gasteiger partial charge >= 0.3 is 0 Å². The molecule has 1 N–H and O–H groups in total. The van der Waals surface area contributed by atoms with Gasteiger partial charge in [0.15, 0.2) is 0 Å². The van der Waals surface area contributed by atoms with Crippen LogP contribution in [0.5, 0.6) is 5.75 Å². The van der Waals surface area contributed by atoms with E-state index in [9.17, 15) is 0 Å². The fraction of sp³-hybridized carbons (Fsp3) is 0.455. The first-order valence-electron chi connectivity index (χ1n) is 4.81. The van der Waals surface area contributed by atoms with Crippen molar-refractivity contribution in [2.75, 3.05) is 13.7 Å². The third-order valence-corrected chi connectivity index (χ3v) is 3.26. The lowest BCUT2D eigenvalue weighted by Crippen LogP contribution is -2.24. The van der Waals surface area contributed by atoms with Crippen LogP contribution >= 0.6 is 15.9 Å². The Morgan fingerprint density at radius 1 is 1.50 bits per heavy atom. The second kappa shape index (κ2) is 4.32. The van der Waals surface area contributed by atoms with Gasteiger partial charge in [-0.2, -0.15) is 0 Å². The summed E-state index contributed by atoms with van der Waals surface area (Å²) < 4.78 is 5.48. The zero-order valence-corrected chi connectivity index (χ0v) is 9.86. The topological polar surface area (TPSA) is 21.3 Å². The van der Waals surface area contributed by atoms with Gasteiger partial charge in [-0.25, -0.2) is 0 Å². The summed E-state index contributed by atoms with van der Waals surface area (Å²) in [7, 11) is 1.75. The fourth-order valence-corrected chi connectivity index (χ4v) is 2.39. The van der Waals surface area contributed by atoms with E-state index in [4.69, 9.17) is 4.74 Å². The van der Waals surface area contributed by atoms with E-state index in [1.54, 1.807) is 7.11 Å². The van der Waals surface area contributed by atoms with Crippen molar-refractivity contribution in [1.82, 2.24) is 5.32 Å². The molecule has 3 heteroatoms. The van der Waals surface area contributed by atoms with Crippen molar-refractivity contribution in [2.45, 2.75) is 18.3 Å². The minimum Gasteiger partial charge on any atom is -0.496 e. The Hall–Kier alpha value is -0.540. The molecule has 14 heavy (non-hydrogen) atoms. The molecular weight excluding hydrogens is 242 g/mol. The summed E-state index contributed by atoms with van der Waals surface area (Å²) in [5.74, 6) is 1.07. The monoisotopic (exact) mass is 255 g/mol. The third kappa shape index (κ3) is 1.66. The molecule has 1 aromatic rings. The molecule has 0 amide bonds. The number of alkyl halides is 1. The molecule has 1 aliphatic heterocycles. The van der Waals surface area contributed by atoms with Gasteiger partial charge < -0.3 is 10.1 Å². The van der Waals surface area contributed by atoms with Crippen molar-refractivity contribution >= 4 is 15.9 Å². The average Bonchev–Trinajstić information content (AvgIpc) is 2.27. The first kappa shape index (κ1) is 9.99. The molecule has 1 aliphatic rings. The van der Waals surface area contributed by atoms with Gasteiger partial charge in [-0.15, -0.1) is 0 Å². The summed E-state index contributed by atoms with van der Waals surface area (Å²) >= 11 is 3.48. The fourth-order valence-electron chi connectivity index (χ4n) is 1.95. The number of ether oxygens (including phenoxy) is 1. The van der Waals surface area contributed by atoms with Gasteiger partial charge in [0.25, 0.3) is 0 Å². The normalized spacial score (nSPS) is 15.0. The molecule has 0 aliphatic carbocycles. The van der Waals surface area contributed by atoms with Crippen LogP contribution < -0.4 is 10.1 Å². The van der Waals surface area contributed by atoms with E-state index >= 15 is 0 Å². The number of benzene rings is 1. The lowest BCUT2D eigenvalue weighted by Gasteiger charge is -2.21. The number of hydrogen-bond acceptors (Lipinski definition) is 2. The minimum atomic E-state index is 0.858. The maximum Gasteiger partial charge on any atom is 0.126 e. The van der Waals surface area contributed by atoms with Crippen LogP contribution in [0.1, 0.15) is 16.7 Å². The van der Waals surface area contributed by atoms with E-state index in [2.05, 4.69) is 33.4 Å². The summed E-state index contributed by atoms with van der Waals surface area (Å²) in [6, 6.07) is 4.33. The van der Waals surface area contributed by atoms with Crippen molar-refractivity contribution in [3.63, 3.8) is 0 Å². The number of halogens is 1. The van der Waals surface area contributed by atoms with Crippen molar-refractivity contribution in [3.8, 4) is 5.75 Å². The van der Waals surface area contributed by atoms with Crippen molar-refractivity contribution < 1.29 is 4.74 Å². The Balaban J connectivity index is 2.50. The third-order valence-electron chi connectivity index (χ3n) is 2.65. The quantitative estimate of drug-likeness (QED) is 0.819. The Morgan fingerprint density at radius 2 is 2.36 bits per heavy atom. The molecule has 0 saturated carbocycles. The van der Waals surface area contributed by atoms with Gasteiger partial charge in [0.05, 0.1) is 7.11 Å². The first-order chi connectivity index (χ1) is 6.86. The Labute approximate surface area is 92.8 Å². The van der Waals surface area contributed by atoms with Crippen LogP contribution in [0.2, 0.25) is 0 Å². The summed E-state index contributed by atoms with van der Waals surface area (Å²) in [5.41, 5.74) is 3.99. The molecular formula is C11H14BrNO. The van der Waals surface area contributed by atoms with Gasteiger partial charge in [0.1, 0.15) is 5.75 Å². The van der Waals surface area contributed by atoms with Crippen LogP contribution in [-0.4, -0.2) is 13.7 Å². The van der Waals surface area contributed by atoms with Gasteiger partial charge in [-0.1, -0.05) is 28.1 Å². The Kier molecular flexibility index (Phi) is 3.08.